The minimum absolute atomic E-state index is 0.0772. The largest absolute Gasteiger partial charge is 0.391 e. The van der Waals surface area contributed by atoms with Crippen LogP contribution in [0.2, 0.25) is 0 Å². The molecule has 0 aliphatic carbocycles. The van der Waals surface area contributed by atoms with Crippen LogP contribution in [0.3, 0.4) is 0 Å². The highest BCUT2D eigenvalue weighted by Crippen LogP contribution is 2.14. The van der Waals surface area contributed by atoms with E-state index in [9.17, 15) is 14.7 Å². The van der Waals surface area contributed by atoms with Crippen molar-refractivity contribution in [2.45, 2.75) is 26.4 Å². The Kier molecular flexibility index (Phi) is 5.80. The molecule has 0 fully saturated rings. The molecule has 0 radical (unpaired) electrons. The van der Waals surface area contributed by atoms with Gasteiger partial charge in [0.25, 0.3) is 5.91 Å². The van der Waals surface area contributed by atoms with Crippen LogP contribution in [0.25, 0.3) is 0 Å². The van der Waals surface area contributed by atoms with Crippen molar-refractivity contribution in [1.82, 2.24) is 10.6 Å². The van der Waals surface area contributed by atoms with Gasteiger partial charge in [-0.3, -0.25) is 9.59 Å². The third-order valence-corrected chi connectivity index (χ3v) is 3.38. The second kappa shape index (κ2) is 7.13. The van der Waals surface area contributed by atoms with Crippen molar-refractivity contribution in [3.63, 3.8) is 0 Å². The zero-order valence-corrected chi connectivity index (χ0v) is 11.3. The normalized spacial score (nSPS) is 11.9. The summed E-state index contributed by atoms with van der Waals surface area (Å²) in [6.45, 7) is 3.88. The van der Waals surface area contributed by atoms with Gasteiger partial charge in [0.2, 0.25) is 5.91 Å². The summed E-state index contributed by atoms with van der Waals surface area (Å²) in [6, 6.07) is 3.59. The van der Waals surface area contributed by atoms with Crippen LogP contribution >= 0.6 is 11.3 Å². The molecule has 0 aliphatic heterocycles. The Hall–Kier alpha value is -1.40. The maximum Gasteiger partial charge on any atom is 0.261 e. The van der Waals surface area contributed by atoms with E-state index in [4.69, 9.17) is 0 Å². The van der Waals surface area contributed by atoms with Gasteiger partial charge in [-0.2, -0.15) is 0 Å². The third kappa shape index (κ3) is 4.85. The van der Waals surface area contributed by atoms with Crippen molar-refractivity contribution in [2.24, 2.45) is 0 Å². The van der Waals surface area contributed by atoms with Crippen molar-refractivity contribution >= 4 is 23.2 Å². The second-order valence-corrected chi connectivity index (χ2v) is 5.25. The molecule has 0 saturated carbocycles. The van der Waals surface area contributed by atoms with Crippen molar-refractivity contribution < 1.29 is 14.7 Å². The summed E-state index contributed by atoms with van der Waals surface area (Å²) < 4.78 is 0. The molecule has 1 aromatic heterocycles. The fourth-order valence-corrected chi connectivity index (χ4v) is 2.03. The van der Waals surface area contributed by atoms with Crippen molar-refractivity contribution in [3.05, 3.63) is 21.9 Å². The zero-order valence-electron chi connectivity index (χ0n) is 10.5. The quantitative estimate of drug-likeness (QED) is 0.711. The third-order valence-electron chi connectivity index (χ3n) is 2.38. The number of hydrogen-bond donors (Lipinski definition) is 3. The van der Waals surface area contributed by atoms with E-state index in [0.29, 0.717) is 11.3 Å². The van der Waals surface area contributed by atoms with Crippen LogP contribution in [0.4, 0.5) is 0 Å². The number of aryl methyl sites for hydroxylation is 1. The van der Waals surface area contributed by atoms with Gasteiger partial charge in [-0.1, -0.05) is 6.92 Å². The number of aliphatic hydroxyl groups excluding tert-OH is 1. The maximum absolute atomic E-state index is 11.6. The molecule has 1 rings (SSSR count). The molecule has 3 N–H and O–H groups in total. The topological polar surface area (TPSA) is 78.4 Å². The standard InChI is InChI=1S/C12H18N2O3S/c1-3-9(15)6-13-11(16)7-14-12(17)10-5-4-8(2)18-10/h4-5,9,15H,3,6-7H2,1-2H3,(H,13,16)(H,14,17). The predicted octanol–water partition coefficient (Wildman–Crippen LogP) is 0.673. The van der Waals surface area contributed by atoms with E-state index in [1.165, 1.54) is 11.3 Å². The molecule has 6 heteroatoms. The molecule has 0 aliphatic rings. The number of carbonyl (C=O) groups is 2. The zero-order chi connectivity index (χ0) is 13.5. The summed E-state index contributed by atoms with van der Waals surface area (Å²) in [5, 5.41) is 14.3. The number of rotatable bonds is 6. The van der Waals surface area contributed by atoms with Crippen molar-refractivity contribution in [2.75, 3.05) is 13.1 Å². The second-order valence-electron chi connectivity index (χ2n) is 3.96. The minimum atomic E-state index is -0.537. The average Bonchev–Trinajstić information content (AvgIpc) is 2.79. The van der Waals surface area contributed by atoms with Gasteiger partial charge in [0, 0.05) is 11.4 Å². The van der Waals surface area contributed by atoms with E-state index in [1.54, 1.807) is 6.07 Å². The van der Waals surface area contributed by atoms with Crippen LogP contribution in [-0.2, 0) is 4.79 Å². The summed E-state index contributed by atoms with van der Waals surface area (Å²) >= 11 is 1.39. The van der Waals surface area contributed by atoms with Gasteiger partial charge >= 0.3 is 0 Å². The Bertz CT molecular complexity index is 417. The first-order valence-electron chi connectivity index (χ1n) is 5.82. The van der Waals surface area contributed by atoms with E-state index in [2.05, 4.69) is 10.6 Å². The molecule has 1 atom stereocenters. The van der Waals surface area contributed by atoms with Crippen molar-refractivity contribution in [1.29, 1.82) is 0 Å². The highest BCUT2D eigenvalue weighted by molar-refractivity contribution is 7.13. The van der Waals surface area contributed by atoms with E-state index in [1.807, 2.05) is 19.9 Å². The molecule has 0 spiro atoms. The van der Waals surface area contributed by atoms with Gasteiger partial charge in [0.1, 0.15) is 0 Å². The first kappa shape index (κ1) is 14.7. The fourth-order valence-electron chi connectivity index (χ4n) is 1.24. The molecule has 0 saturated heterocycles. The molecule has 100 valence electrons. The Balaban J connectivity index is 2.28. The average molecular weight is 270 g/mol. The number of nitrogens with one attached hydrogen (secondary N) is 2. The van der Waals surface area contributed by atoms with E-state index in [0.717, 1.165) is 4.88 Å². The number of amides is 2. The maximum atomic E-state index is 11.6. The Morgan fingerprint density at radius 1 is 1.39 bits per heavy atom. The smallest absolute Gasteiger partial charge is 0.261 e. The fraction of sp³-hybridized carbons (Fsp3) is 0.500. The van der Waals surface area contributed by atoms with Crippen LogP contribution in [0.1, 0.15) is 27.9 Å². The van der Waals surface area contributed by atoms with Crippen LogP contribution < -0.4 is 10.6 Å². The molecule has 0 bridgehead atoms. The lowest BCUT2D eigenvalue weighted by molar-refractivity contribution is -0.120. The lowest BCUT2D eigenvalue weighted by atomic mass is 10.3. The number of aliphatic hydroxyl groups is 1. The van der Waals surface area contributed by atoms with E-state index >= 15 is 0 Å². The SMILES string of the molecule is CCC(O)CNC(=O)CNC(=O)c1ccc(C)s1. The minimum Gasteiger partial charge on any atom is -0.391 e. The molecular formula is C12H18N2O3S. The Morgan fingerprint density at radius 2 is 2.11 bits per heavy atom. The van der Waals surface area contributed by atoms with Gasteiger partial charge in [0.05, 0.1) is 17.5 Å². The van der Waals surface area contributed by atoms with E-state index < -0.39 is 6.10 Å². The molecular weight excluding hydrogens is 252 g/mol. The molecule has 18 heavy (non-hydrogen) atoms. The molecule has 5 nitrogen and oxygen atoms in total. The van der Waals surface area contributed by atoms with E-state index in [-0.39, 0.29) is 24.9 Å². The molecule has 0 aromatic carbocycles. The molecule has 1 unspecified atom stereocenters. The predicted molar refractivity (Wildman–Crippen MR) is 70.7 cm³/mol. The van der Waals surface area contributed by atoms with Gasteiger partial charge in [-0.25, -0.2) is 0 Å². The van der Waals surface area contributed by atoms with Gasteiger partial charge in [-0.05, 0) is 25.5 Å². The van der Waals surface area contributed by atoms with Gasteiger partial charge in [-0.15, -0.1) is 11.3 Å². The van der Waals surface area contributed by atoms with Crippen LogP contribution in [0, 0.1) is 6.92 Å². The lowest BCUT2D eigenvalue weighted by Crippen LogP contribution is -2.39. The molecule has 2 amide bonds. The highest BCUT2D eigenvalue weighted by Gasteiger charge is 2.10. The Morgan fingerprint density at radius 3 is 2.67 bits per heavy atom. The monoisotopic (exact) mass is 270 g/mol. The van der Waals surface area contributed by atoms with Crippen LogP contribution in [0.5, 0.6) is 0 Å². The molecule has 1 aromatic rings. The summed E-state index contributed by atoms with van der Waals surface area (Å²) in [4.78, 5) is 24.6. The first-order valence-corrected chi connectivity index (χ1v) is 6.64. The van der Waals surface area contributed by atoms with Gasteiger partial charge in [0.15, 0.2) is 0 Å². The van der Waals surface area contributed by atoms with Crippen LogP contribution in [0.15, 0.2) is 12.1 Å². The summed E-state index contributed by atoms with van der Waals surface area (Å²) in [7, 11) is 0. The highest BCUT2D eigenvalue weighted by atomic mass is 32.1. The summed E-state index contributed by atoms with van der Waals surface area (Å²) in [5.41, 5.74) is 0. The molecule has 1 heterocycles. The van der Waals surface area contributed by atoms with Crippen LogP contribution in [-0.4, -0.2) is 36.1 Å². The van der Waals surface area contributed by atoms with Crippen molar-refractivity contribution in [3.8, 4) is 0 Å². The Labute approximate surface area is 110 Å². The number of hydrogen-bond acceptors (Lipinski definition) is 4. The number of thiophene rings is 1. The summed E-state index contributed by atoms with van der Waals surface area (Å²) in [6.07, 6.45) is 0.0470. The first-order chi connectivity index (χ1) is 8.52. The van der Waals surface area contributed by atoms with Gasteiger partial charge < -0.3 is 15.7 Å². The lowest BCUT2D eigenvalue weighted by Gasteiger charge is -2.09. The summed E-state index contributed by atoms with van der Waals surface area (Å²) in [5.74, 6) is -0.552. The number of carbonyl (C=O) groups excluding carboxylic acids is 2.